The first-order valence-corrected chi connectivity index (χ1v) is 7.30. The number of nitrogens with zero attached hydrogens (tertiary/aromatic N) is 6. The van der Waals surface area contributed by atoms with E-state index in [4.69, 9.17) is 11.6 Å². The zero-order chi connectivity index (χ0) is 16.4. The summed E-state index contributed by atoms with van der Waals surface area (Å²) in [5.41, 5.74) is -0.436. The van der Waals surface area contributed by atoms with Gasteiger partial charge in [0, 0.05) is 26.0 Å². The van der Waals surface area contributed by atoms with Crippen molar-refractivity contribution in [2.45, 2.75) is 19.9 Å². The second kappa shape index (κ2) is 6.30. The summed E-state index contributed by atoms with van der Waals surface area (Å²) in [7, 11) is 2.95. The molecule has 10 heteroatoms. The molecule has 0 saturated carbocycles. The quantitative estimate of drug-likeness (QED) is 0.501. The first kappa shape index (κ1) is 16.2. The van der Waals surface area contributed by atoms with E-state index in [0.717, 1.165) is 4.57 Å². The van der Waals surface area contributed by atoms with E-state index in [1.165, 1.54) is 11.6 Å². The van der Waals surface area contributed by atoms with E-state index in [1.54, 1.807) is 12.1 Å². The van der Waals surface area contributed by atoms with Crippen LogP contribution in [-0.2, 0) is 14.1 Å². The number of aromatic nitrogens is 4. The maximum absolute atomic E-state index is 12.0. The van der Waals surface area contributed by atoms with Crippen LogP contribution in [0.4, 0.5) is 5.95 Å². The van der Waals surface area contributed by atoms with Gasteiger partial charge in [0.15, 0.2) is 11.2 Å². The Labute approximate surface area is 131 Å². The maximum Gasteiger partial charge on any atom is 0.332 e. The second-order valence-corrected chi connectivity index (χ2v) is 5.48. The molecule has 2 rings (SSSR count). The van der Waals surface area contributed by atoms with Crippen LogP contribution in [0.1, 0.15) is 13.8 Å². The molecule has 2 aromatic heterocycles. The average Bonchev–Trinajstić information content (AvgIpc) is 2.91. The Morgan fingerprint density at radius 1 is 1.32 bits per heavy atom. The van der Waals surface area contributed by atoms with Crippen molar-refractivity contribution in [2.24, 2.45) is 24.4 Å². The topological polar surface area (TPSA) is 101 Å². The first-order chi connectivity index (χ1) is 10.4. The van der Waals surface area contributed by atoms with E-state index >= 15 is 0 Å². The number of hydrogen-bond donors (Lipinski definition) is 1. The van der Waals surface area contributed by atoms with E-state index in [2.05, 4.69) is 20.3 Å². The molecule has 9 nitrogen and oxygen atoms in total. The molecule has 0 aromatic carbocycles. The van der Waals surface area contributed by atoms with Gasteiger partial charge < -0.3 is 4.98 Å². The van der Waals surface area contributed by atoms with E-state index in [1.807, 2.05) is 13.8 Å². The Bertz CT molecular complexity index is 817. The van der Waals surface area contributed by atoms with Crippen molar-refractivity contribution < 1.29 is 0 Å². The molecule has 22 heavy (non-hydrogen) atoms. The Kier molecular flexibility index (Phi) is 4.65. The first-order valence-electron chi connectivity index (χ1n) is 6.76. The Morgan fingerprint density at radius 3 is 2.59 bits per heavy atom. The van der Waals surface area contributed by atoms with Gasteiger partial charge in [-0.2, -0.15) is 4.98 Å². The summed E-state index contributed by atoms with van der Waals surface area (Å²) in [5, 5.41) is 9.76. The third-order valence-electron chi connectivity index (χ3n) is 3.25. The summed E-state index contributed by atoms with van der Waals surface area (Å²) in [6.45, 7) is 4.47. The highest BCUT2D eigenvalue weighted by atomic mass is 35.5. The van der Waals surface area contributed by atoms with E-state index in [0.29, 0.717) is 12.4 Å². The fourth-order valence-electron chi connectivity index (χ4n) is 1.95. The SMILES string of the molecule is CC(C)N(CCCl)/N=N/c1nc2c([nH]1)c(=O)n(C)c(=O)n2C. The lowest BCUT2D eigenvalue weighted by molar-refractivity contribution is 0.230. The molecule has 0 fully saturated rings. The molecule has 0 aliphatic carbocycles. The minimum absolute atomic E-state index is 0.129. The fraction of sp³-hybridized carbons (Fsp3) is 0.583. The monoisotopic (exact) mass is 327 g/mol. The molecule has 0 saturated heterocycles. The largest absolute Gasteiger partial charge is 0.332 e. The van der Waals surface area contributed by atoms with Crippen LogP contribution in [0.15, 0.2) is 19.9 Å². The zero-order valence-corrected chi connectivity index (χ0v) is 13.6. The zero-order valence-electron chi connectivity index (χ0n) is 12.9. The third kappa shape index (κ3) is 2.89. The van der Waals surface area contributed by atoms with E-state index < -0.39 is 11.2 Å². The van der Waals surface area contributed by atoms with Crippen LogP contribution in [0.5, 0.6) is 0 Å². The third-order valence-corrected chi connectivity index (χ3v) is 3.42. The molecular weight excluding hydrogens is 310 g/mol. The number of aromatic amines is 1. The lowest BCUT2D eigenvalue weighted by Gasteiger charge is -2.19. The predicted octanol–water partition coefficient (Wildman–Crippen LogP) is 0.908. The Balaban J connectivity index is 2.46. The van der Waals surface area contributed by atoms with Crippen LogP contribution in [0.2, 0.25) is 0 Å². The molecule has 0 atom stereocenters. The number of rotatable bonds is 5. The number of imidazole rings is 1. The van der Waals surface area contributed by atoms with Crippen LogP contribution in [0, 0.1) is 0 Å². The molecule has 0 aliphatic heterocycles. The molecule has 0 radical (unpaired) electrons. The van der Waals surface area contributed by atoms with Crippen molar-refractivity contribution in [1.29, 1.82) is 0 Å². The molecule has 0 unspecified atom stereocenters. The lowest BCUT2D eigenvalue weighted by atomic mass is 10.4. The normalized spacial score (nSPS) is 11.9. The average molecular weight is 328 g/mol. The van der Waals surface area contributed by atoms with Gasteiger partial charge in [0.1, 0.15) is 0 Å². The molecule has 0 spiro atoms. The number of fused-ring (bicyclic) bond motifs is 1. The standard InChI is InChI=1S/C12H18ClN7O2/c1-7(2)20(6-5-13)17-16-11-14-8-9(15-11)18(3)12(22)19(4)10(8)21/h7H,5-6H2,1-4H3,(H,14,15)/b17-16+. The summed E-state index contributed by atoms with van der Waals surface area (Å²) in [4.78, 5) is 30.8. The molecule has 0 aliphatic rings. The number of halogens is 1. The van der Waals surface area contributed by atoms with Gasteiger partial charge in [-0.1, -0.05) is 10.3 Å². The highest BCUT2D eigenvalue weighted by molar-refractivity contribution is 6.18. The van der Waals surface area contributed by atoms with Gasteiger partial charge in [0.05, 0.1) is 6.54 Å². The summed E-state index contributed by atoms with van der Waals surface area (Å²) < 4.78 is 2.29. The van der Waals surface area contributed by atoms with Gasteiger partial charge in [-0.25, -0.2) is 4.79 Å². The molecular formula is C12H18ClN7O2. The highest BCUT2D eigenvalue weighted by Crippen LogP contribution is 2.13. The summed E-state index contributed by atoms with van der Waals surface area (Å²) >= 11 is 5.71. The van der Waals surface area contributed by atoms with Crippen molar-refractivity contribution in [3.63, 3.8) is 0 Å². The number of aryl methyl sites for hydroxylation is 1. The number of H-pyrrole nitrogens is 1. The Morgan fingerprint density at radius 2 is 2.00 bits per heavy atom. The van der Waals surface area contributed by atoms with Crippen LogP contribution in [-0.4, -0.2) is 42.6 Å². The fourth-order valence-corrected chi connectivity index (χ4v) is 2.13. The number of alkyl halides is 1. The van der Waals surface area contributed by atoms with Crippen molar-refractivity contribution in [3.05, 3.63) is 20.8 Å². The molecule has 0 amide bonds. The highest BCUT2D eigenvalue weighted by Gasteiger charge is 2.13. The lowest BCUT2D eigenvalue weighted by Crippen LogP contribution is -2.36. The van der Waals surface area contributed by atoms with Gasteiger partial charge >= 0.3 is 5.69 Å². The van der Waals surface area contributed by atoms with Crippen LogP contribution in [0.3, 0.4) is 0 Å². The van der Waals surface area contributed by atoms with E-state index in [9.17, 15) is 9.59 Å². The van der Waals surface area contributed by atoms with Gasteiger partial charge in [-0.3, -0.25) is 18.9 Å². The van der Waals surface area contributed by atoms with Gasteiger partial charge in [0.25, 0.3) is 11.5 Å². The molecule has 120 valence electrons. The summed E-state index contributed by atoms with van der Waals surface area (Å²) in [5.74, 6) is 0.584. The molecule has 2 aromatic rings. The summed E-state index contributed by atoms with van der Waals surface area (Å²) in [6.07, 6.45) is 0. The van der Waals surface area contributed by atoms with Gasteiger partial charge in [-0.15, -0.1) is 11.6 Å². The van der Waals surface area contributed by atoms with Crippen molar-refractivity contribution in [2.75, 3.05) is 12.4 Å². The van der Waals surface area contributed by atoms with Crippen LogP contribution in [0.25, 0.3) is 11.2 Å². The van der Waals surface area contributed by atoms with Crippen molar-refractivity contribution in [1.82, 2.24) is 24.1 Å². The molecule has 1 N–H and O–H groups in total. The molecule has 2 heterocycles. The van der Waals surface area contributed by atoms with Gasteiger partial charge in [-0.05, 0) is 13.8 Å². The predicted molar refractivity (Wildman–Crippen MR) is 83.7 cm³/mol. The minimum atomic E-state index is -0.450. The Hall–Kier alpha value is -2.16. The second-order valence-electron chi connectivity index (χ2n) is 5.10. The minimum Gasteiger partial charge on any atom is -0.315 e. The number of nitrogens with one attached hydrogen (secondary N) is 1. The van der Waals surface area contributed by atoms with Crippen molar-refractivity contribution >= 4 is 28.7 Å². The van der Waals surface area contributed by atoms with Crippen molar-refractivity contribution in [3.8, 4) is 0 Å². The maximum atomic E-state index is 12.0. The van der Waals surface area contributed by atoms with Crippen LogP contribution >= 0.6 is 11.6 Å². The van der Waals surface area contributed by atoms with Crippen LogP contribution < -0.4 is 11.2 Å². The smallest absolute Gasteiger partial charge is 0.315 e. The van der Waals surface area contributed by atoms with E-state index in [-0.39, 0.29) is 23.2 Å². The van der Waals surface area contributed by atoms with Gasteiger partial charge in [0.2, 0.25) is 0 Å². The molecule has 0 bridgehead atoms. The summed E-state index contributed by atoms with van der Waals surface area (Å²) in [6, 6.07) is 0.129. The number of hydrogen-bond acceptors (Lipinski definition) is 5.